The number of methoxy groups -OCH3 is 1. The number of hydrogen-bond donors (Lipinski definition) is 2. The number of esters is 1. The third-order valence-corrected chi connectivity index (χ3v) is 4.65. The monoisotopic (exact) mass is 301 g/mol. The predicted octanol–water partition coefficient (Wildman–Crippen LogP) is 3.31. The lowest BCUT2D eigenvalue weighted by molar-refractivity contribution is -0.142. The van der Waals surface area contributed by atoms with Crippen LogP contribution in [0.1, 0.15) is 47.5 Å². The molecule has 1 aromatic heterocycles. The molecule has 1 heterocycles. The van der Waals surface area contributed by atoms with Gasteiger partial charge in [0.15, 0.2) is 0 Å². The topological polar surface area (TPSA) is 79.4 Å². The lowest BCUT2D eigenvalue weighted by atomic mass is 9.78. The Labute approximate surface area is 128 Å². The van der Waals surface area contributed by atoms with E-state index in [0.717, 1.165) is 23.7 Å². The van der Waals surface area contributed by atoms with Crippen LogP contribution in [0.5, 0.6) is 0 Å². The number of nitrogens with one attached hydrogen (secondary N) is 1. The average molecular weight is 301 g/mol. The fourth-order valence-corrected chi connectivity index (χ4v) is 3.38. The first-order valence-electron chi connectivity index (χ1n) is 7.52. The van der Waals surface area contributed by atoms with Gasteiger partial charge in [0, 0.05) is 17.1 Å². The van der Waals surface area contributed by atoms with E-state index in [1.54, 1.807) is 6.07 Å². The molecule has 0 radical (unpaired) electrons. The van der Waals surface area contributed by atoms with Crippen LogP contribution in [0.3, 0.4) is 0 Å². The Morgan fingerprint density at radius 3 is 2.59 bits per heavy atom. The lowest BCUT2D eigenvalue weighted by Gasteiger charge is -2.25. The highest BCUT2D eigenvalue weighted by Crippen LogP contribution is 2.39. The van der Waals surface area contributed by atoms with Gasteiger partial charge < -0.3 is 14.8 Å². The highest BCUT2D eigenvalue weighted by molar-refractivity contribution is 5.95. The largest absolute Gasteiger partial charge is 0.481 e. The van der Waals surface area contributed by atoms with Crippen molar-refractivity contribution in [1.29, 1.82) is 0 Å². The molecule has 5 heteroatoms. The number of aliphatic carboxylic acids is 1. The van der Waals surface area contributed by atoms with Gasteiger partial charge in [0.2, 0.25) is 0 Å². The standard InChI is InChI=1S/C17H19NO4/c1-22-17(21)12-6-7-15-13(8-12)14(9-18-15)10-2-4-11(5-3-10)16(19)20/h6-11,18H,2-5H2,1H3,(H,19,20). The molecule has 0 saturated heterocycles. The Bertz CT molecular complexity index is 711. The molecule has 5 nitrogen and oxygen atoms in total. The molecule has 22 heavy (non-hydrogen) atoms. The van der Waals surface area contributed by atoms with E-state index in [2.05, 4.69) is 4.98 Å². The molecule has 0 atom stereocenters. The highest BCUT2D eigenvalue weighted by Gasteiger charge is 2.28. The van der Waals surface area contributed by atoms with Crippen LogP contribution in [0, 0.1) is 5.92 Å². The number of carboxylic acids is 1. The number of rotatable bonds is 3. The number of aromatic nitrogens is 1. The van der Waals surface area contributed by atoms with E-state index in [1.165, 1.54) is 12.7 Å². The van der Waals surface area contributed by atoms with Crippen molar-refractivity contribution in [2.24, 2.45) is 5.92 Å². The number of hydrogen-bond acceptors (Lipinski definition) is 3. The molecule has 1 saturated carbocycles. The van der Waals surface area contributed by atoms with Gasteiger partial charge in [-0.05, 0) is 55.4 Å². The Balaban J connectivity index is 1.88. The van der Waals surface area contributed by atoms with Crippen LogP contribution in [-0.4, -0.2) is 29.1 Å². The maximum absolute atomic E-state index is 11.7. The summed E-state index contributed by atoms with van der Waals surface area (Å²) in [5.74, 6) is -0.904. The van der Waals surface area contributed by atoms with Crippen molar-refractivity contribution >= 4 is 22.8 Å². The molecule has 0 spiro atoms. The minimum absolute atomic E-state index is 0.216. The summed E-state index contributed by atoms with van der Waals surface area (Å²) in [7, 11) is 1.37. The van der Waals surface area contributed by atoms with E-state index in [4.69, 9.17) is 9.84 Å². The van der Waals surface area contributed by atoms with Gasteiger partial charge in [-0.25, -0.2) is 4.79 Å². The molecule has 0 bridgehead atoms. The molecule has 1 aromatic carbocycles. The zero-order valence-electron chi connectivity index (χ0n) is 12.5. The van der Waals surface area contributed by atoms with E-state index < -0.39 is 5.97 Å². The SMILES string of the molecule is COC(=O)c1ccc2[nH]cc(C3CCC(C(=O)O)CC3)c2c1. The van der Waals surface area contributed by atoms with E-state index in [0.29, 0.717) is 24.3 Å². The maximum atomic E-state index is 11.7. The second-order valence-corrected chi connectivity index (χ2v) is 5.88. The summed E-state index contributed by atoms with van der Waals surface area (Å²) in [4.78, 5) is 26.0. The number of carbonyl (C=O) groups is 2. The lowest BCUT2D eigenvalue weighted by Crippen LogP contribution is -2.20. The molecule has 0 amide bonds. The van der Waals surface area contributed by atoms with Crippen LogP contribution < -0.4 is 0 Å². The molecule has 0 unspecified atom stereocenters. The van der Waals surface area contributed by atoms with Crippen molar-refractivity contribution in [2.75, 3.05) is 7.11 Å². The first kappa shape index (κ1) is 14.6. The Morgan fingerprint density at radius 2 is 1.95 bits per heavy atom. The first-order chi connectivity index (χ1) is 10.6. The van der Waals surface area contributed by atoms with Gasteiger partial charge in [0.1, 0.15) is 0 Å². The van der Waals surface area contributed by atoms with Crippen LogP contribution in [0.25, 0.3) is 10.9 Å². The zero-order valence-corrected chi connectivity index (χ0v) is 12.5. The molecule has 0 aliphatic heterocycles. The second-order valence-electron chi connectivity index (χ2n) is 5.88. The molecule has 3 rings (SSSR count). The number of carboxylic acid groups (broad SMARTS) is 1. The fourth-order valence-electron chi connectivity index (χ4n) is 3.38. The normalized spacial score (nSPS) is 21.7. The van der Waals surface area contributed by atoms with Gasteiger partial charge >= 0.3 is 11.9 Å². The third kappa shape index (κ3) is 2.58. The summed E-state index contributed by atoms with van der Waals surface area (Å²) in [6.07, 6.45) is 5.14. The summed E-state index contributed by atoms with van der Waals surface area (Å²) >= 11 is 0. The number of ether oxygens (including phenoxy) is 1. The minimum Gasteiger partial charge on any atom is -0.481 e. The average Bonchev–Trinajstić information content (AvgIpc) is 2.97. The molecule has 2 aromatic rings. The summed E-state index contributed by atoms with van der Waals surface area (Å²) < 4.78 is 4.77. The molecular formula is C17H19NO4. The minimum atomic E-state index is -0.689. The van der Waals surface area contributed by atoms with E-state index in [9.17, 15) is 9.59 Å². The van der Waals surface area contributed by atoms with Gasteiger partial charge in [0.25, 0.3) is 0 Å². The number of carbonyl (C=O) groups excluding carboxylic acids is 1. The van der Waals surface area contributed by atoms with Gasteiger partial charge in [-0.3, -0.25) is 4.79 Å². The van der Waals surface area contributed by atoms with Gasteiger partial charge in [-0.1, -0.05) is 0 Å². The van der Waals surface area contributed by atoms with E-state index in [-0.39, 0.29) is 11.9 Å². The Kier molecular flexibility index (Phi) is 3.88. The maximum Gasteiger partial charge on any atom is 0.337 e. The Hall–Kier alpha value is -2.30. The van der Waals surface area contributed by atoms with Crippen molar-refractivity contribution in [3.63, 3.8) is 0 Å². The second kappa shape index (κ2) is 5.83. The highest BCUT2D eigenvalue weighted by atomic mass is 16.5. The van der Waals surface area contributed by atoms with Crippen molar-refractivity contribution < 1.29 is 19.4 Å². The van der Waals surface area contributed by atoms with Crippen LogP contribution in [0.15, 0.2) is 24.4 Å². The van der Waals surface area contributed by atoms with Gasteiger partial charge in [-0.2, -0.15) is 0 Å². The molecule has 1 aliphatic rings. The summed E-state index contributed by atoms with van der Waals surface area (Å²) in [6.45, 7) is 0. The quantitative estimate of drug-likeness (QED) is 0.852. The van der Waals surface area contributed by atoms with E-state index >= 15 is 0 Å². The molecule has 1 fully saturated rings. The van der Waals surface area contributed by atoms with Gasteiger partial charge in [-0.15, -0.1) is 0 Å². The predicted molar refractivity (Wildman–Crippen MR) is 82.0 cm³/mol. The van der Waals surface area contributed by atoms with Crippen LogP contribution >= 0.6 is 0 Å². The number of fused-ring (bicyclic) bond motifs is 1. The van der Waals surface area contributed by atoms with Crippen LogP contribution in [-0.2, 0) is 9.53 Å². The van der Waals surface area contributed by atoms with E-state index in [1.807, 2.05) is 18.3 Å². The summed E-state index contributed by atoms with van der Waals surface area (Å²) in [6, 6.07) is 5.49. The summed E-state index contributed by atoms with van der Waals surface area (Å²) in [5.41, 5.74) is 2.70. The van der Waals surface area contributed by atoms with Crippen LogP contribution in [0.2, 0.25) is 0 Å². The van der Waals surface area contributed by atoms with Crippen molar-refractivity contribution in [2.45, 2.75) is 31.6 Å². The van der Waals surface area contributed by atoms with Crippen molar-refractivity contribution in [1.82, 2.24) is 4.98 Å². The van der Waals surface area contributed by atoms with Crippen molar-refractivity contribution in [3.8, 4) is 0 Å². The molecule has 116 valence electrons. The zero-order chi connectivity index (χ0) is 15.7. The van der Waals surface area contributed by atoms with Gasteiger partial charge in [0.05, 0.1) is 18.6 Å². The summed E-state index contributed by atoms with van der Waals surface area (Å²) in [5, 5.41) is 10.1. The van der Waals surface area contributed by atoms with Crippen molar-refractivity contribution in [3.05, 3.63) is 35.5 Å². The molecule has 2 N–H and O–H groups in total. The number of benzene rings is 1. The number of H-pyrrole nitrogens is 1. The molecular weight excluding hydrogens is 282 g/mol. The fraction of sp³-hybridized carbons (Fsp3) is 0.412. The Morgan fingerprint density at radius 1 is 1.23 bits per heavy atom. The van der Waals surface area contributed by atoms with Crippen LogP contribution in [0.4, 0.5) is 0 Å². The molecule has 1 aliphatic carbocycles. The third-order valence-electron chi connectivity index (χ3n) is 4.65. The first-order valence-corrected chi connectivity index (χ1v) is 7.52. The number of aromatic amines is 1. The smallest absolute Gasteiger partial charge is 0.337 e.